The number of carbonyl (C=O) groups is 1. The number of aromatic nitrogens is 2. The molecule has 0 bridgehead atoms. The molecule has 0 saturated carbocycles. The van der Waals surface area contributed by atoms with Crippen molar-refractivity contribution in [3.63, 3.8) is 0 Å². The van der Waals surface area contributed by atoms with Crippen LogP contribution in [-0.2, 0) is 13.1 Å². The number of hydrogen-bond acceptors (Lipinski definition) is 4. The van der Waals surface area contributed by atoms with Crippen molar-refractivity contribution >= 4 is 17.2 Å². The highest BCUT2D eigenvalue weighted by atomic mass is 32.1. The summed E-state index contributed by atoms with van der Waals surface area (Å²) in [6, 6.07) is 2.51. The Hall–Kier alpha value is -1.66. The lowest BCUT2D eigenvalue weighted by Crippen LogP contribution is -2.36. The molecule has 6 heteroatoms. The van der Waals surface area contributed by atoms with Crippen LogP contribution in [0.3, 0.4) is 0 Å². The van der Waals surface area contributed by atoms with Crippen molar-refractivity contribution in [2.75, 3.05) is 6.54 Å². The number of amides is 1. The maximum absolute atomic E-state index is 12.1. The van der Waals surface area contributed by atoms with E-state index >= 15 is 0 Å². The maximum Gasteiger partial charge on any atom is 0.271 e. The number of imidazole rings is 1. The van der Waals surface area contributed by atoms with E-state index in [4.69, 9.17) is 0 Å². The van der Waals surface area contributed by atoms with Crippen LogP contribution in [0.1, 0.15) is 48.7 Å². The lowest BCUT2D eigenvalue weighted by Gasteiger charge is -2.33. The lowest BCUT2D eigenvalue weighted by atomic mass is 10.2. The molecule has 3 heterocycles. The van der Waals surface area contributed by atoms with Crippen molar-refractivity contribution in [2.24, 2.45) is 0 Å². The van der Waals surface area contributed by atoms with Gasteiger partial charge in [0.1, 0.15) is 11.5 Å². The van der Waals surface area contributed by atoms with Gasteiger partial charge in [-0.05, 0) is 43.2 Å². The minimum Gasteiger partial charge on any atom is -0.348 e. The first kappa shape index (κ1) is 15.2. The molecule has 1 aliphatic heterocycles. The molecule has 5 nitrogen and oxygen atoms in total. The molecular weight excluding hydrogens is 296 g/mol. The molecule has 118 valence electrons. The van der Waals surface area contributed by atoms with E-state index in [-0.39, 0.29) is 18.0 Å². The topological polar surface area (TPSA) is 50.2 Å². The van der Waals surface area contributed by atoms with E-state index in [2.05, 4.69) is 43.5 Å². The first-order chi connectivity index (χ1) is 10.5. The summed E-state index contributed by atoms with van der Waals surface area (Å²) in [5.74, 6) is 0.892. The summed E-state index contributed by atoms with van der Waals surface area (Å²) in [5, 5.41) is 7.20. The molecule has 1 amide bonds. The SMILES string of the molecule is CC(C)NC(=O)c1cn2c(n1)[C@@H](C)N(Cc1ccsc1)CC2. The standard InChI is InChI=1S/C16H22N4OS/c1-11(2)17-16(21)14-9-20-6-5-19(12(3)15(20)18-14)8-13-4-7-22-10-13/h4,7,9-12H,5-6,8H2,1-3H3,(H,17,21)/t12-/m1/s1. The number of carbonyl (C=O) groups excluding carboxylic acids is 1. The molecule has 0 aromatic carbocycles. The maximum atomic E-state index is 12.1. The zero-order valence-corrected chi connectivity index (χ0v) is 14.1. The Balaban J connectivity index is 1.76. The third kappa shape index (κ3) is 3.08. The zero-order valence-electron chi connectivity index (χ0n) is 13.2. The van der Waals surface area contributed by atoms with Crippen LogP contribution in [0.5, 0.6) is 0 Å². The number of nitrogens with zero attached hydrogens (tertiary/aromatic N) is 3. The van der Waals surface area contributed by atoms with Crippen LogP contribution in [0.2, 0.25) is 0 Å². The van der Waals surface area contributed by atoms with Gasteiger partial charge in [-0.1, -0.05) is 0 Å². The molecule has 2 aromatic heterocycles. The number of fused-ring (bicyclic) bond motifs is 1. The third-order valence-corrected chi connectivity index (χ3v) is 4.71. The first-order valence-corrected chi connectivity index (χ1v) is 8.62. The van der Waals surface area contributed by atoms with Gasteiger partial charge in [-0.15, -0.1) is 0 Å². The van der Waals surface area contributed by atoms with E-state index in [1.807, 2.05) is 20.0 Å². The molecular formula is C16H22N4OS. The molecule has 1 atom stereocenters. The monoisotopic (exact) mass is 318 g/mol. The Kier molecular flexibility index (Phi) is 4.31. The molecule has 1 aliphatic rings. The van der Waals surface area contributed by atoms with Crippen molar-refractivity contribution in [1.29, 1.82) is 0 Å². The van der Waals surface area contributed by atoms with Crippen LogP contribution >= 0.6 is 11.3 Å². The van der Waals surface area contributed by atoms with Crippen molar-refractivity contribution < 1.29 is 4.79 Å². The third-order valence-electron chi connectivity index (χ3n) is 3.98. The van der Waals surface area contributed by atoms with Gasteiger partial charge >= 0.3 is 0 Å². The Morgan fingerprint density at radius 2 is 2.32 bits per heavy atom. The second-order valence-electron chi connectivity index (χ2n) is 6.08. The number of rotatable bonds is 4. The Labute approximate surface area is 135 Å². The largest absolute Gasteiger partial charge is 0.348 e. The summed E-state index contributed by atoms with van der Waals surface area (Å²) in [5.41, 5.74) is 1.86. The van der Waals surface area contributed by atoms with E-state index in [1.54, 1.807) is 11.3 Å². The summed E-state index contributed by atoms with van der Waals surface area (Å²) in [6.07, 6.45) is 1.88. The van der Waals surface area contributed by atoms with Crippen molar-refractivity contribution in [2.45, 2.75) is 45.9 Å². The Morgan fingerprint density at radius 1 is 1.50 bits per heavy atom. The highest BCUT2D eigenvalue weighted by Gasteiger charge is 2.27. The molecule has 22 heavy (non-hydrogen) atoms. The smallest absolute Gasteiger partial charge is 0.271 e. The highest BCUT2D eigenvalue weighted by molar-refractivity contribution is 7.07. The molecule has 0 saturated heterocycles. The second-order valence-corrected chi connectivity index (χ2v) is 6.86. The van der Waals surface area contributed by atoms with E-state index in [0.717, 1.165) is 25.5 Å². The number of hydrogen-bond donors (Lipinski definition) is 1. The average Bonchev–Trinajstić information content (AvgIpc) is 3.10. The van der Waals surface area contributed by atoms with Crippen LogP contribution in [-0.4, -0.2) is 32.9 Å². The minimum atomic E-state index is -0.0894. The van der Waals surface area contributed by atoms with Crippen molar-refractivity contribution in [3.05, 3.63) is 40.1 Å². The van der Waals surface area contributed by atoms with Gasteiger partial charge in [0.25, 0.3) is 5.91 Å². The normalized spacial score (nSPS) is 18.5. The molecule has 1 N–H and O–H groups in total. The molecule has 0 aliphatic carbocycles. The summed E-state index contributed by atoms with van der Waals surface area (Å²) in [4.78, 5) is 19.1. The molecule has 0 radical (unpaired) electrons. The van der Waals surface area contributed by atoms with Gasteiger partial charge in [0.05, 0.1) is 6.04 Å². The van der Waals surface area contributed by atoms with Gasteiger partial charge in [0.15, 0.2) is 0 Å². The predicted molar refractivity (Wildman–Crippen MR) is 88.0 cm³/mol. The van der Waals surface area contributed by atoms with E-state index in [9.17, 15) is 4.79 Å². The fraction of sp³-hybridized carbons (Fsp3) is 0.500. The van der Waals surface area contributed by atoms with Crippen LogP contribution in [0.4, 0.5) is 0 Å². The Bertz CT molecular complexity index is 647. The van der Waals surface area contributed by atoms with Gasteiger partial charge in [0, 0.05) is 31.9 Å². The van der Waals surface area contributed by atoms with Gasteiger partial charge in [-0.3, -0.25) is 9.69 Å². The van der Waals surface area contributed by atoms with Crippen LogP contribution in [0.15, 0.2) is 23.0 Å². The summed E-state index contributed by atoms with van der Waals surface area (Å²) in [6.45, 7) is 8.87. The fourth-order valence-corrected chi connectivity index (χ4v) is 3.47. The summed E-state index contributed by atoms with van der Waals surface area (Å²) in [7, 11) is 0. The van der Waals surface area contributed by atoms with Crippen molar-refractivity contribution in [1.82, 2.24) is 19.8 Å². The molecule has 0 unspecified atom stereocenters. The predicted octanol–water partition coefficient (Wildman–Crippen LogP) is 2.66. The molecule has 3 rings (SSSR count). The number of nitrogens with one attached hydrogen (secondary N) is 1. The molecule has 0 fully saturated rings. The van der Waals surface area contributed by atoms with E-state index < -0.39 is 0 Å². The van der Waals surface area contributed by atoms with Gasteiger partial charge in [-0.2, -0.15) is 11.3 Å². The van der Waals surface area contributed by atoms with Gasteiger partial charge < -0.3 is 9.88 Å². The van der Waals surface area contributed by atoms with Gasteiger partial charge in [-0.25, -0.2) is 4.98 Å². The zero-order chi connectivity index (χ0) is 15.7. The van der Waals surface area contributed by atoms with E-state index in [0.29, 0.717) is 5.69 Å². The first-order valence-electron chi connectivity index (χ1n) is 7.67. The van der Waals surface area contributed by atoms with Crippen LogP contribution in [0.25, 0.3) is 0 Å². The molecule has 0 spiro atoms. The molecule has 2 aromatic rings. The average molecular weight is 318 g/mol. The Morgan fingerprint density at radius 3 is 3.00 bits per heavy atom. The quantitative estimate of drug-likeness (QED) is 0.943. The van der Waals surface area contributed by atoms with Crippen molar-refractivity contribution in [3.8, 4) is 0 Å². The highest BCUT2D eigenvalue weighted by Crippen LogP contribution is 2.26. The fourth-order valence-electron chi connectivity index (χ4n) is 2.81. The van der Waals surface area contributed by atoms with Crippen LogP contribution in [0, 0.1) is 0 Å². The summed E-state index contributed by atoms with van der Waals surface area (Å²) < 4.78 is 2.12. The minimum absolute atomic E-state index is 0.0894. The lowest BCUT2D eigenvalue weighted by molar-refractivity contribution is 0.0938. The van der Waals surface area contributed by atoms with E-state index in [1.165, 1.54) is 5.56 Å². The van der Waals surface area contributed by atoms with Crippen LogP contribution < -0.4 is 5.32 Å². The van der Waals surface area contributed by atoms with Gasteiger partial charge in [0.2, 0.25) is 0 Å². The summed E-state index contributed by atoms with van der Waals surface area (Å²) >= 11 is 1.73. The number of thiophene rings is 1. The second kappa shape index (κ2) is 6.22.